The summed E-state index contributed by atoms with van der Waals surface area (Å²) in [5, 5.41) is 2.54. The summed E-state index contributed by atoms with van der Waals surface area (Å²) in [6, 6.07) is 5.71. The Labute approximate surface area is 170 Å². The first-order chi connectivity index (χ1) is 13.9. The third-order valence-electron chi connectivity index (χ3n) is 4.41. The van der Waals surface area contributed by atoms with Gasteiger partial charge in [0.15, 0.2) is 6.61 Å². The van der Waals surface area contributed by atoms with Crippen LogP contribution in [0.15, 0.2) is 24.3 Å². The zero-order chi connectivity index (χ0) is 21.2. The largest absolute Gasteiger partial charge is 0.491 e. The monoisotopic (exact) mass is 407 g/mol. The summed E-state index contributed by atoms with van der Waals surface area (Å²) >= 11 is 0. The molecule has 1 N–H and O–H groups in total. The molecule has 2 atom stereocenters. The van der Waals surface area contributed by atoms with Crippen LogP contribution in [0.2, 0.25) is 0 Å². The van der Waals surface area contributed by atoms with Gasteiger partial charge in [0.05, 0.1) is 18.8 Å². The number of amides is 1. The third kappa shape index (κ3) is 7.73. The van der Waals surface area contributed by atoms with Gasteiger partial charge in [-0.2, -0.15) is 0 Å². The lowest BCUT2D eigenvalue weighted by atomic mass is 10.0. The number of hydrogen-bond donors (Lipinski definition) is 1. The Hall–Kier alpha value is -2.61. The van der Waals surface area contributed by atoms with Crippen molar-refractivity contribution in [1.82, 2.24) is 5.32 Å². The Bertz CT molecular complexity index is 681. The lowest BCUT2D eigenvalue weighted by molar-refractivity contribution is -0.145. The van der Waals surface area contributed by atoms with Gasteiger partial charge >= 0.3 is 11.9 Å². The number of ether oxygens (including phenoxy) is 4. The minimum atomic E-state index is -0.772. The van der Waals surface area contributed by atoms with Crippen molar-refractivity contribution < 1.29 is 33.3 Å². The average Bonchev–Trinajstić information content (AvgIpc) is 3.23. The van der Waals surface area contributed by atoms with E-state index >= 15 is 0 Å². The van der Waals surface area contributed by atoms with Crippen LogP contribution < -0.4 is 10.1 Å². The fourth-order valence-corrected chi connectivity index (χ4v) is 2.93. The Morgan fingerprint density at radius 3 is 2.52 bits per heavy atom. The zero-order valence-electron chi connectivity index (χ0n) is 17.1. The molecular weight excluding hydrogens is 378 g/mol. The van der Waals surface area contributed by atoms with Crippen molar-refractivity contribution in [2.45, 2.75) is 45.3 Å². The lowest BCUT2D eigenvalue weighted by Gasteiger charge is -2.18. The summed E-state index contributed by atoms with van der Waals surface area (Å²) in [5.74, 6) is -0.917. The SMILES string of the molecule is COC(=O)[C@H](CC(C)C)NC(=O)COC(=O)c1ccc(OC[C@@H]2CCCO2)cc1. The Kier molecular flexibility index (Phi) is 8.92. The van der Waals surface area contributed by atoms with Crippen LogP contribution in [-0.2, 0) is 23.8 Å². The van der Waals surface area contributed by atoms with Crippen molar-refractivity contribution in [3.8, 4) is 5.75 Å². The van der Waals surface area contributed by atoms with Crippen LogP contribution in [0.5, 0.6) is 5.75 Å². The van der Waals surface area contributed by atoms with Crippen LogP contribution in [0.3, 0.4) is 0 Å². The van der Waals surface area contributed by atoms with E-state index in [0.29, 0.717) is 24.3 Å². The van der Waals surface area contributed by atoms with Crippen molar-refractivity contribution in [2.75, 3.05) is 26.9 Å². The van der Waals surface area contributed by atoms with Crippen LogP contribution in [0, 0.1) is 5.92 Å². The maximum atomic E-state index is 12.1. The van der Waals surface area contributed by atoms with Crippen LogP contribution in [-0.4, -0.2) is 56.9 Å². The normalized spacial score (nSPS) is 16.9. The van der Waals surface area contributed by atoms with Crippen molar-refractivity contribution in [1.29, 1.82) is 0 Å². The molecule has 0 radical (unpaired) electrons. The van der Waals surface area contributed by atoms with Crippen molar-refractivity contribution in [2.24, 2.45) is 5.92 Å². The minimum Gasteiger partial charge on any atom is -0.491 e. The van der Waals surface area contributed by atoms with Crippen molar-refractivity contribution in [3.05, 3.63) is 29.8 Å². The number of carbonyl (C=O) groups excluding carboxylic acids is 3. The maximum absolute atomic E-state index is 12.1. The second-order valence-electron chi connectivity index (χ2n) is 7.32. The fraction of sp³-hybridized carbons (Fsp3) is 0.571. The summed E-state index contributed by atoms with van der Waals surface area (Å²) in [5.41, 5.74) is 0.300. The molecule has 8 heteroatoms. The number of nitrogens with one attached hydrogen (secondary N) is 1. The number of carbonyl (C=O) groups is 3. The van der Waals surface area contributed by atoms with E-state index < -0.39 is 30.5 Å². The van der Waals surface area contributed by atoms with Gasteiger partial charge in [-0.15, -0.1) is 0 Å². The minimum absolute atomic E-state index is 0.114. The van der Waals surface area contributed by atoms with E-state index in [1.54, 1.807) is 24.3 Å². The van der Waals surface area contributed by atoms with E-state index in [4.69, 9.17) is 18.9 Å². The van der Waals surface area contributed by atoms with Gasteiger partial charge in [0, 0.05) is 6.61 Å². The highest BCUT2D eigenvalue weighted by molar-refractivity contribution is 5.92. The van der Waals surface area contributed by atoms with Gasteiger partial charge in [-0.3, -0.25) is 4.79 Å². The Morgan fingerprint density at radius 2 is 1.93 bits per heavy atom. The quantitative estimate of drug-likeness (QED) is 0.593. The second kappa shape index (κ2) is 11.4. The summed E-state index contributed by atoms with van der Waals surface area (Å²) in [7, 11) is 1.26. The Morgan fingerprint density at radius 1 is 1.21 bits per heavy atom. The van der Waals surface area contributed by atoms with Crippen molar-refractivity contribution in [3.63, 3.8) is 0 Å². The molecule has 1 heterocycles. The molecule has 1 saturated heterocycles. The van der Waals surface area contributed by atoms with Crippen LogP contribution in [0.4, 0.5) is 0 Å². The standard InChI is InChI=1S/C21H29NO7/c1-14(2)11-18(21(25)26-3)22-19(23)13-29-20(24)15-6-8-16(9-7-15)28-12-17-5-4-10-27-17/h6-9,14,17-18H,4-5,10-13H2,1-3H3,(H,22,23)/t17-,18-/m0/s1. The molecule has 1 fully saturated rings. The molecule has 0 spiro atoms. The molecule has 0 aromatic heterocycles. The van der Waals surface area contributed by atoms with E-state index in [1.165, 1.54) is 7.11 Å². The van der Waals surface area contributed by atoms with E-state index in [9.17, 15) is 14.4 Å². The van der Waals surface area contributed by atoms with Gasteiger partial charge in [0.25, 0.3) is 5.91 Å². The van der Waals surface area contributed by atoms with Gasteiger partial charge in [-0.1, -0.05) is 13.8 Å². The van der Waals surface area contributed by atoms with E-state index in [-0.39, 0.29) is 12.0 Å². The number of methoxy groups -OCH3 is 1. The summed E-state index contributed by atoms with van der Waals surface area (Å²) < 4.78 is 20.9. The van der Waals surface area contributed by atoms with E-state index in [2.05, 4.69) is 5.32 Å². The zero-order valence-corrected chi connectivity index (χ0v) is 17.1. The number of esters is 2. The third-order valence-corrected chi connectivity index (χ3v) is 4.41. The molecule has 1 aliphatic heterocycles. The van der Waals surface area contributed by atoms with Gasteiger partial charge in [-0.05, 0) is 49.4 Å². The molecule has 29 heavy (non-hydrogen) atoms. The molecule has 0 unspecified atom stereocenters. The molecule has 160 valence electrons. The summed E-state index contributed by atoms with van der Waals surface area (Å²) in [4.78, 5) is 35.9. The lowest BCUT2D eigenvalue weighted by Crippen LogP contribution is -2.44. The molecular formula is C21H29NO7. The van der Waals surface area contributed by atoms with E-state index in [0.717, 1.165) is 19.4 Å². The highest BCUT2D eigenvalue weighted by Crippen LogP contribution is 2.17. The summed E-state index contributed by atoms with van der Waals surface area (Å²) in [6.07, 6.45) is 2.58. The number of hydrogen-bond acceptors (Lipinski definition) is 7. The molecule has 1 aromatic carbocycles. The van der Waals surface area contributed by atoms with E-state index in [1.807, 2.05) is 13.8 Å². The molecule has 1 amide bonds. The first-order valence-corrected chi connectivity index (χ1v) is 9.77. The molecule has 8 nitrogen and oxygen atoms in total. The maximum Gasteiger partial charge on any atom is 0.338 e. The smallest absolute Gasteiger partial charge is 0.338 e. The van der Waals surface area contributed by atoms with Crippen LogP contribution in [0.25, 0.3) is 0 Å². The van der Waals surface area contributed by atoms with Gasteiger partial charge in [0.2, 0.25) is 0 Å². The van der Waals surface area contributed by atoms with Gasteiger partial charge in [0.1, 0.15) is 18.4 Å². The van der Waals surface area contributed by atoms with Gasteiger partial charge in [-0.25, -0.2) is 9.59 Å². The first kappa shape index (κ1) is 22.7. The Balaban J connectivity index is 1.78. The highest BCUT2D eigenvalue weighted by atomic mass is 16.5. The van der Waals surface area contributed by atoms with Crippen LogP contribution in [0.1, 0.15) is 43.5 Å². The molecule has 1 aromatic rings. The van der Waals surface area contributed by atoms with Crippen molar-refractivity contribution >= 4 is 17.8 Å². The predicted octanol–water partition coefficient (Wildman–Crippen LogP) is 2.11. The number of rotatable bonds is 10. The number of benzene rings is 1. The van der Waals surface area contributed by atoms with Crippen LogP contribution >= 0.6 is 0 Å². The first-order valence-electron chi connectivity index (χ1n) is 9.77. The molecule has 0 aliphatic carbocycles. The molecule has 2 rings (SSSR count). The summed E-state index contributed by atoms with van der Waals surface area (Å²) in [6.45, 7) is 4.61. The fourth-order valence-electron chi connectivity index (χ4n) is 2.93. The second-order valence-corrected chi connectivity index (χ2v) is 7.32. The molecule has 1 aliphatic rings. The average molecular weight is 407 g/mol. The highest BCUT2D eigenvalue weighted by Gasteiger charge is 2.23. The van der Waals surface area contributed by atoms with Gasteiger partial charge < -0.3 is 24.3 Å². The topological polar surface area (TPSA) is 100 Å². The molecule has 0 bridgehead atoms. The molecule has 0 saturated carbocycles. The predicted molar refractivity (Wildman–Crippen MR) is 105 cm³/mol.